The zero-order valence-corrected chi connectivity index (χ0v) is 5.37. The molecule has 0 N–H and O–H groups in total. The lowest BCUT2D eigenvalue weighted by Crippen LogP contribution is -1.89. The molecule has 1 heterocycles. The van der Waals surface area contributed by atoms with Crippen molar-refractivity contribution in [2.24, 2.45) is 0 Å². The molecule has 0 aromatic carbocycles. The van der Waals surface area contributed by atoms with Gasteiger partial charge in [0.1, 0.15) is 0 Å². The van der Waals surface area contributed by atoms with Crippen molar-refractivity contribution >= 4 is 23.1 Å². The molecule has 0 aliphatic carbocycles. The average Bonchev–Trinajstić information content (AvgIpc) is 1.64. The summed E-state index contributed by atoms with van der Waals surface area (Å²) >= 11 is 6.28. The lowest BCUT2D eigenvalue weighted by atomic mass is 10.6. The van der Waals surface area contributed by atoms with E-state index in [1.807, 2.05) is 0 Å². The van der Waals surface area contributed by atoms with E-state index in [9.17, 15) is 4.79 Å². The monoisotopic (exact) mass is 147 g/mol. The number of hydrogen-bond donors (Lipinski definition) is 0. The Kier molecular flexibility index (Phi) is 1.60. The van der Waals surface area contributed by atoms with Gasteiger partial charge in [-0.1, -0.05) is 11.6 Å². The molecule has 1 aromatic rings. The topological polar surface area (TPSA) is 30.0 Å². The Labute approximate surface area is 54.9 Å². The van der Waals surface area contributed by atoms with Gasteiger partial charge in [0.05, 0.1) is 11.2 Å². The van der Waals surface area contributed by atoms with Gasteiger partial charge in [0.15, 0.2) is 0 Å². The summed E-state index contributed by atoms with van der Waals surface area (Å²) in [5.74, 6) is 0. The molecular weight excluding hydrogens is 146 g/mol. The lowest BCUT2D eigenvalue weighted by Gasteiger charge is -1.78. The summed E-state index contributed by atoms with van der Waals surface area (Å²) in [6.07, 6.45) is 1.44. The average molecular weight is 148 g/mol. The maximum Gasteiger partial charge on any atom is 0.251 e. The first kappa shape index (κ1) is 5.72. The van der Waals surface area contributed by atoms with Crippen molar-refractivity contribution in [3.8, 4) is 0 Å². The highest BCUT2D eigenvalue weighted by Crippen LogP contribution is 1.99. The first-order chi connectivity index (χ1) is 3.79. The molecule has 1 rings (SSSR count). The van der Waals surface area contributed by atoms with E-state index >= 15 is 0 Å². The minimum Gasteiger partial charge on any atom is -0.276 e. The molecule has 42 valence electrons. The van der Waals surface area contributed by atoms with Crippen molar-refractivity contribution < 1.29 is 0 Å². The molecule has 1 aromatic heterocycles. The van der Waals surface area contributed by atoms with Gasteiger partial charge in [-0.3, -0.25) is 4.79 Å². The molecule has 0 unspecified atom stereocenters. The first-order valence-electron chi connectivity index (χ1n) is 1.90. The van der Waals surface area contributed by atoms with Crippen LogP contribution >= 0.6 is 23.1 Å². The smallest absolute Gasteiger partial charge is 0.251 e. The molecule has 0 aliphatic heterocycles. The van der Waals surface area contributed by atoms with Crippen molar-refractivity contribution in [1.82, 2.24) is 4.37 Å². The lowest BCUT2D eigenvalue weighted by molar-refractivity contribution is 1.51. The minimum atomic E-state index is -0.113. The molecule has 0 bridgehead atoms. The van der Waals surface area contributed by atoms with Crippen LogP contribution in [-0.4, -0.2) is 4.37 Å². The summed E-state index contributed by atoms with van der Waals surface area (Å²) in [4.78, 5) is 10.4. The predicted octanol–water partition coefficient (Wildman–Crippen LogP) is 1.16. The van der Waals surface area contributed by atoms with E-state index in [0.29, 0.717) is 5.02 Å². The number of hydrogen-bond acceptors (Lipinski definition) is 3. The molecule has 0 amide bonds. The highest BCUT2D eigenvalue weighted by atomic mass is 35.5. The predicted molar refractivity (Wildman–Crippen MR) is 33.4 cm³/mol. The second-order valence-corrected chi connectivity index (χ2v) is 2.41. The van der Waals surface area contributed by atoms with Crippen LogP contribution in [-0.2, 0) is 0 Å². The standard InChI is InChI=1S/C4H2ClNOS/c5-3-1-4(7)8-6-2-3/h1-2H. The van der Waals surface area contributed by atoms with E-state index in [4.69, 9.17) is 11.6 Å². The largest absolute Gasteiger partial charge is 0.276 e. The third-order valence-electron chi connectivity index (χ3n) is 0.574. The Morgan fingerprint density at radius 3 is 2.88 bits per heavy atom. The summed E-state index contributed by atoms with van der Waals surface area (Å²) in [7, 11) is 0. The van der Waals surface area contributed by atoms with Crippen LogP contribution in [0.15, 0.2) is 17.1 Å². The van der Waals surface area contributed by atoms with Crippen molar-refractivity contribution in [2.75, 3.05) is 0 Å². The Balaban J connectivity index is 3.28. The SMILES string of the molecule is O=c1cc(Cl)cns1. The number of nitrogens with zero attached hydrogens (tertiary/aromatic N) is 1. The Bertz CT molecular complexity index is 233. The van der Waals surface area contributed by atoms with Gasteiger partial charge in [-0.25, -0.2) is 0 Å². The molecule has 0 radical (unpaired) electrons. The van der Waals surface area contributed by atoms with Gasteiger partial charge in [0, 0.05) is 17.6 Å². The summed E-state index contributed by atoms with van der Waals surface area (Å²) < 4.78 is 3.47. The van der Waals surface area contributed by atoms with E-state index in [1.54, 1.807) is 0 Å². The molecular formula is C4H2ClNOS. The van der Waals surface area contributed by atoms with E-state index in [2.05, 4.69) is 4.37 Å². The van der Waals surface area contributed by atoms with Gasteiger partial charge in [-0.15, -0.1) is 0 Å². The van der Waals surface area contributed by atoms with Gasteiger partial charge >= 0.3 is 0 Å². The fourth-order valence-electron chi connectivity index (χ4n) is 0.305. The van der Waals surface area contributed by atoms with E-state index < -0.39 is 0 Å². The highest BCUT2D eigenvalue weighted by molar-refractivity contribution is 7.02. The summed E-state index contributed by atoms with van der Waals surface area (Å²) in [5.41, 5.74) is 0. The fourth-order valence-corrected chi connectivity index (χ4v) is 1.03. The molecule has 0 aliphatic rings. The molecule has 0 atom stereocenters. The maximum absolute atomic E-state index is 10.4. The van der Waals surface area contributed by atoms with Crippen LogP contribution in [0.3, 0.4) is 0 Å². The van der Waals surface area contributed by atoms with Gasteiger partial charge in [0.25, 0.3) is 4.74 Å². The van der Waals surface area contributed by atoms with Gasteiger partial charge < -0.3 is 0 Å². The Morgan fingerprint density at radius 2 is 2.50 bits per heavy atom. The van der Waals surface area contributed by atoms with Crippen LogP contribution in [0.1, 0.15) is 0 Å². The van der Waals surface area contributed by atoms with E-state index in [0.717, 1.165) is 11.5 Å². The van der Waals surface area contributed by atoms with Crippen LogP contribution in [0, 0.1) is 0 Å². The zero-order chi connectivity index (χ0) is 5.98. The van der Waals surface area contributed by atoms with Crippen LogP contribution < -0.4 is 4.74 Å². The van der Waals surface area contributed by atoms with Crippen molar-refractivity contribution in [3.63, 3.8) is 0 Å². The zero-order valence-electron chi connectivity index (χ0n) is 3.80. The molecule has 0 saturated heterocycles. The van der Waals surface area contributed by atoms with Crippen molar-refractivity contribution in [3.05, 3.63) is 26.8 Å². The first-order valence-corrected chi connectivity index (χ1v) is 3.06. The number of aromatic nitrogens is 1. The fraction of sp³-hybridized carbons (Fsp3) is 0. The summed E-state index contributed by atoms with van der Waals surface area (Å²) in [6, 6.07) is 1.33. The molecule has 0 spiro atoms. The van der Waals surface area contributed by atoms with E-state index in [-0.39, 0.29) is 4.74 Å². The van der Waals surface area contributed by atoms with Crippen LogP contribution in [0.5, 0.6) is 0 Å². The summed E-state index contributed by atoms with van der Waals surface area (Å²) in [6.45, 7) is 0. The Morgan fingerprint density at radius 1 is 1.75 bits per heavy atom. The van der Waals surface area contributed by atoms with Crippen LogP contribution in [0.2, 0.25) is 5.02 Å². The molecule has 8 heavy (non-hydrogen) atoms. The maximum atomic E-state index is 10.4. The molecule has 0 saturated carbocycles. The highest BCUT2D eigenvalue weighted by Gasteiger charge is 1.85. The number of rotatable bonds is 0. The quantitative estimate of drug-likeness (QED) is 0.551. The molecule has 4 heteroatoms. The van der Waals surface area contributed by atoms with Crippen molar-refractivity contribution in [2.45, 2.75) is 0 Å². The van der Waals surface area contributed by atoms with E-state index in [1.165, 1.54) is 12.3 Å². The normalized spacial score (nSPS) is 9.12. The molecule has 0 fully saturated rings. The Hall–Kier alpha value is -0.410. The minimum absolute atomic E-state index is 0.113. The second-order valence-electron chi connectivity index (χ2n) is 1.17. The van der Waals surface area contributed by atoms with Gasteiger partial charge in [-0.2, -0.15) is 4.37 Å². The summed E-state index contributed by atoms with van der Waals surface area (Å²) in [5, 5.41) is 0.397. The van der Waals surface area contributed by atoms with Crippen molar-refractivity contribution in [1.29, 1.82) is 0 Å². The molecule has 2 nitrogen and oxygen atoms in total. The number of halogens is 1. The third kappa shape index (κ3) is 1.28. The van der Waals surface area contributed by atoms with Gasteiger partial charge in [-0.05, 0) is 0 Å². The van der Waals surface area contributed by atoms with Crippen LogP contribution in [0.4, 0.5) is 0 Å². The third-order valence-corrected chi connectivity index (χ3v) is 1.29. The second kappa shape index (κ2) is 2.24. The van der Waals surface area contributed by atoms with Gasteiger partial charge in [0.2, 0.25) is 0 Å². The van der Waals surface area contributed by atoms with Crippen LogP contribution in [0.25, 0.3) is 0 Å².